The van der Waals surface area contributed by atoms with E-state index in [1.54, 1.807) is 24.3 Å². The van der Waals surface area contributed by atoms with Crippen molar-refractivity contribution in [3.63, 3.8) is 0 Å². The topological polar surface area (TPSA) is 55.1 Å². The number of carbonyl (C=O) groups excluding carboxylic acids is 1. The van der Waals surface area contributed by atoms with Gasteiger partial charge in [0.25, 0.3) is 5.91 Å². The molecule has 0 heterocycles. The Balaban J connectivity index is 2.24. The first-order valence-electron chi connectivity index (χ1n) is 5.49. The van der Waals surface area contributed by atoms with Crippen LogP contribution in [0, 0.1) is 6.92 Å². The van der Waals surface area contributed by atoms with Crippen molar-refractivity contribution in [3.05, 3.63) is 58.1 Å². The molecular weight excluding hydrogens is 292 g/mol. The lowest BCUT2D eigenvalue weighted by atomic mass is 10.1. The van der Waals surface area contributed by atoms with Gasteiger partial charge in [-0.25, -0.2) is 0 Å². The number of anilines is 2. The highest BCUT2D eigenvalue weighted by Gasteiger charge is 2.09. The van der Waals surface area contributed by atoms with E-state index >= 15 is 0 Å². The Kier molecular flexibility index (Phi) is 3.67. The van der Waals surface area contributed by atoms with E-state index in [2.05, 4.69) is 21.2 Å². The zero-order chi connectivity index (χ0) is 13.1. The van der Waals surface area contributed by atoms with Gasteiger partial charge in [-0.3, -0.25) is 4.79 Å². The van der Waals surface area contributed by atoms with E-state index in [0.717, 1.165) is 10.0 Å². The van der Waals surface area contributed by atoms with Crippen LogP contribution < -0.4 is 11.1 Å². The van der Waals surface area contributed by atoms with Gasteiger partial charge in [0.15, 0.2) is 0 Å². The molecule has 0 aliphatic carbocycles. The van der Waals surface area contributed by atoms with Crippen LogP contribution >= 0.6 is 15.9 Å². The number of carbonyl (C=O) groups is 1. The fourth-order valence-electron chi connectivity index (χ4n) is 1.65. The van der Waals surface area contributed by atoms with Crippen LogP contribution in [0.5, 0.6) is 0 Å². The van der Waals surface area contributed by atoms with Gasteiger partial charge in [0.05, 0.1) is 0 Å². The zero-order valence-electron chi connectivity index (χ0n) is 9.91. The Morgan fingerprint density at radius 1 is 1.22 bits per heavy atom. The summed E-state index contributed by atoms with van der Waals surface area (Å²) in [5, 5.41) is 2.83. The lowest BCUT2D eigenvalue weighted by Crippen LogP contribution is -2.13. The van der Waals surface area contributed by atoms with Gasteiger partial charge >= 0.3 is 0 Å². The minimum absolute atomic E-state index is 0.139. The second-order valence-corrected chi connectivity index (χ2v) is 4.95. The number of rotatable bonds is 2. The summed E-state index contributed by atoms with van der Waals surface area (Å²) in [6.45, 7) is 1.90. The Morgan fingerprint density at radius 2 is 2.00 bits per heavy atom. The number of hydrogen-bond donors (Lipinski definition) is 2. The third-order valence-corrected chi connectivity index (χ3v) is 3.08. The molecule has 3 N–H and O–H groups in total. The summed E-state index contributed by atoms with van der Waals surface area (Å²) in [5.74, 6) is -0.139. The molecule has 2 aromatic rings. The second-order valence-electron chi connectivity index (χ2n) is 4.04. The number of amides is 1. The summed E-state index contributed by atoms with van der Waals surface area (Å²) in [5.41, 5.74) is 8.56. The van der Waals surface area contributed by atoms with Crippen molar-refractivity contribution in [2.75, 3.05) is 11.1 Å². The molecule has 1 amide bonds. The average molecular weight is 305 g/mol. The van der Waals surface area contributed by atoms with E-state index < -0.39 is 0 Å². The molecule has 0 aliphatic rings. The van der Waals surface area contributed by atoms with E-state index in [1.807, 2.05) is 25.1 Å². The lowest BCUT2D eigenvalue weighted by molar-refractivity contribution is 0.102. The first-order valence-corrected chi connectivity index (χ1v) is 6.28. The van der Waals surface area contributed by atoms with Gasteiger partial charge in [0.1, 0.15) is 0 Å². The van der Waals surface area contributed by atoms with Crippen LogP contribution in [0.1, 0.15) is 15.9 Å². The zero-order valence-corrected chi connectivity index (χ0v) is 11.5. The number of benzene rings is 2. The molecule has 0 fully saturated rings. The van der Waals surface area contributed by atoms with Crippen molar-refractivity contribution in [2.24, 2.45) is 0 Å². The third-order valence-electron chi connectivity index (χ3n) is 2.59. The monoisotopic (exact) mass is 304 g/mol. The van der Waals surface area contributed by atoms with Gasteiger partial charge in [0.2, 0.25) is 0 Å². The molecule has 2 rings (SSSR count). The molecule has 0 aromatic heterocycles. The normalized spacial score (nSPS) is 10.1. The SMILES string of the molecule is Cc1ccc(Br)cc1C(=O)Nc1cccc(N)c1. The molecular formula is C14H13BrN2O. The number of nitrogen functional groups attached to an aromatic ring is 1. The summed E-state index contributed by atoms with van der Waals surface area (Å²) in [7, 11) is 0. The smallest absolute Gasteiger partial charge is 0.255 e. The molecule has 2 aromatic carbocycles. The molecule has 0 radical (unpaired) electrons. The van der Waals surface area contributed by atoms with Crippen molar-refractivity contribution >= 4 is 33.2 Å². The Bertz CT molecular complexity index is 596. The maximum atomic E-state index is 12.1. The summed E-state index contributed by atoms with van der Waals surface area (Å²) in [6, 6.07) is 12.7. The van der Waals surface area contributed by atoms with Crippen LogP contribution in [0.15, 0.2) is 46.9 Å². The summed E-state index contributed by atoms with van der Waals surface area (Å²) in [6.07, 6.45) is 0. The van der Waals surface area contributed by atoms with Gasteiger partial charge in [-0.15, -0.1) is 0 Å². The van der Waals surface area contributed by atoms with Gasteiger partial charge in [-0.1, -0.05) is 28.1 Å². The molecule has 0 aliphatic heterocycles. The van der Waals surface area contributed by atoms with Crippen molar-refractivity contribution in [1.29, 1.82) is 0 Å². The number of halogens is 1. The molecule has 0 atom stereocenters. The summed E-state index contributed by atoms with van der Waals surface area (Å²) < 4.78 is 0.880. The predicted octanol–water partition coefficient (Wildman–Crippen LogP) is 3.59. The Morgan fingerprint density at radius 3 is 2.72 bits per heavy atom. The van der Waals surface area contributed by atoms with Crippen molar-refractivity contribution in [2.45, 2.75) is 6.92 Å². The number of nitrogens with one attached hydrogen (secondary N) is 1. The molecule has 18 heavy (non-hydrogen) atoms. The van der Waals surface area contributed by atoms with Gasteiger partial charge in [0, 0.05) is 21.4 Å². The van der Waals surface area contributed by atoms with E-state index in [1.165, 1.54) is 0 Å². The molecule has 4 heteroatoms. The molecule has 3 nitrogen and oxygen atoms in total. The Hall–Kier alpha value is -1.81. The number of hydrogen-bond acceptors (Lipinski definition) is 2. The lowest BCUT2D eigenvalue weighted by Gasteiger charge is -2.08. The van der Waals surface area contributed by atoms with Crippen molar-refractivity contribution in [1.82, 2.24) is 0 Å². The number of nitrogens with two attached hydrogens (primary N) is 1. The third kappa shape index (κ3) is 2.90. The van der Waals surface area contributed by atoms with Crippen molar-refractivity contribution in [3.8, 4) is 0 Å². The van der Waals surface area contributed by atoms with E-state index in [9.17, 15) is 4.79 Å². The van der Waals surface area contributed by atoms with Crippen LogP contribution in [0.3, 0.4) is 0 Å². The summed E-state index contributed by atoms with van der Waals surface area (Å²) in [4.78, 5) is 12.1. The molecule has 0 saturated carbocycles. The van der Waals surface area contributed by atoms with E-state index in [4.69, 9.17) is 5.73 Å². The highest BCUT2D eigenvalue weighted by molar-refractivity contribution is 9.10. The van der Waals surface area contributed by atoms with Crippen LogP contribution in [-0.4, -0.2) is 5.91 Å². The molecule has 0 unspecified atom stereocenters. The maximum absolute atomic E-state index is 12.1. The van der Waals surface area contributed by atoms with Crippen molar-refractivity contribution < 1.29 is 4.79 Å². The minimum atomic E-state index is -0.139. The Labute approximate surface area is 114 Å². The van der Waals surface area contributed by atoms with E-state index in [0.29, 0.717) is 16.9 Å². The fourth-order valence-corrected chi connectivity index (χ4v) is 2.01. The molecule has 0 saturated heterocycles. The fraction of sp³-hybridized carbons (Fsp3) is 0.0714. The van der Waals surface area contributed by atoms with Crippen LogP contribution in [0.2, 0.25) is 0 Å². The second kappa shape index (κ2) is 5.23. The van der Waals surface area contributed by atoms with Crippen LogP contribution in [-0.2, 0) is 0 Å². The quantitative estimate of drug-likeness (QED) is 0.833. The van der Waals surface area contributed by atoms with Crippen LogP contribution in [0.25, 0.3) is 0 Å². The maximum Gasteiger partial charge on any atom is 0.255 e. The highest BCUT2D eigenvalue weighted by atomic mass is 79.9. The number of aryl methyl sites for hydroxylation is 1. The molecule has 92 valence electrons. The molecule has 0 bridgehead atoms. The van der Waals surface area contributed by atoms with Gasteiger partial charge in [-0.2, -0.15) is 0 Å². The predicted molar refractivity (Wildman–Crippen MR) is 77.7 cm³/mol. The largest absolute Gasteiger partial charge is 0.399 e. The van der Waals surface area contributed by atoms with Gasteiger partial charge < -0.3 is 11.1 Å². The average Bonchev–Trinajstić information content (AvgIpc) is 2.32. The first kappa shape index (κ1) is 12.6. The van der Waals surface area contributed by atoms with Crippen LogP contribution in [0.4, 0.5) is 11.4 Å². The van der Waals surface area contributed by atoms with Gasteiger partial charge in [-0.05, 0) is 42.8 Å². The minimum Gasteiger partial charge on any atom is -0.399 e. The summed E-state index contributed by atoms with van der Waals surface area (Å²) >= 11 is 3.36. The highest BCUT2D eigenvalue weighted by Crippen LogP contribution is 2.18. The standard InChI is InChI=1S/C14H13BrN2O/c1-9-5-6-10(15)7-13(9)14(18)17-12-4-2-3-11(16)8-12/h2-8H,16H2,1H3,(H,17,18). The first-order chi connectivity index (χ1) is 8.56. The molecule has 0 spiro atoms. The van der Waals surface area contributed by atoms with E-state index in [-0.39, 0.29) is 5.91 Å².